The second-order valence-electron chi connectivity index (χ2n) is 4.78. The molecule has 24 heavy (non-hydrogen) atoms. The molecule has 0 saturated heterocycles. The van der Waals surface area contributed by atoms with Gasteiger partial charge in [-0.15, -0.1) is 0 Å². The Morgan fingerprint density at radius 1 is 0.958 bits per heavy atom. The zero-order valence-electron chi connectivity index (χ0n) is 12.2. The highest BCUT2D eigenvalue weighted by molar-refractivity contribution is 6.29. The minimum absolute atomic E-state index is 0.0389. The first-order valence-corrected chi connectivity index (χ1v) is 7.30. The Labute approximate surface area is 141 Å². The Hall–Kier alpha value is -2.73. The van der Waals surface area contributed by atoms with E-state index < -0.39 is 11.6 Å². The van der Waals surface area contributed by atoms with Gasteiger partial charge in [0.1, 0.15) is 34.9 Å². The minimum Gasteiger partial charge on any atom is -0.487 e. The fourth-order valence-electron chi connectivity index (χ4n) is 1.93. The van der Waals surface area contributed by atoms with Gasteiger partial charge in [0.15, 0.2) is 0 Å². The average molecular weight is 349 g/mol. The first kappa shape index (κ1) is 16.1. The topological polar surface area (TPSA) is 44.2 Å². The summed E-state index contributed by atoms with van der Waals surface area (Å²) in [6.45, 7) is 0.0389. The molecule has 0 aliphatic rings. The molecule has 0 aliphatic carbocycles. The largest absolute Gasteiger partial charge is 0.487 e. The molecule has 2 aromatic heterocycles. The number of nitrogens with zero attached hydrogens (tertiary/aromatic N) is 2. The van der Waals surface area contributed by atoms with Crippen LogP contribution in [0.15, 0.2) is 54.7 Å². The predicted molar refractivity (Wildman–Crippen MR) is 84.2 cm³/mol. The van der Waals surface area contributed by atoms with Gasteiger partial charge in [-0.3, -0.25) is 0 Å². The number of ether oxygens (including phenoxy) is 2. The standard InChI is InChI=1S/C17H11ClF2N2O2/c18-16-9-14(4-5-21-16)24-17-3-1-2-13(22-17)10-23-15-7-11(19)6-12(20)8-15/h1-9H,10H2. The van der Waals surface area contributed by atoms with Crippen LogP contribution in [0.1, 0.15) is 5.69 Å². The molecular weight excluding hydrogens is 338 g/mol. The second kappa shape index (κ2) is 7.23. The molecule has 0 unspecified atom stereocenters. The third kappa shape index (κ3) is 4.39. The van der Waals surface area contributed by atoms with E-state index in [1.807, 2.05) is 0 Å². The van der Waals surface area contributed by atoms with Gasteiger partial charge in [-0.25, -0.2) is 18.7 Å². The van der Waals surface area contributed by atoms with E-state index in [0.29, 0.717) is 22.5 Å². The van der Waals surface area contributed by atoms with Crippen LogP contribution in [0.25, 0.3) is 0 Å². The van der Waals surface area contributed by atoms with Crippen molar-refractivity contribution in [1.29, 1.82) is 0 Å². The summed E-state index contributed by atoms with van der Waals surface area (Å²) in [6, 6.07) is 11.3. The van der Waals surface area contributed by atoms with Crippen LogP contribution in [0.2, 0.25) is 5.15 Å². The van der Waals surface area contributed by atoms with Crippen molar-refractivity contribution in [3.8, 4) is 17.4 Å². The third-order valence-corrected chi connectivity index (χ3v) is 3.13. The molecule has 0 radical (unpaired) electrons. The fourth-order valence-corrected chi connectivity index (χ4v) is 2.10. The van der Waals surface area contributed by atoms with Crippen LogP contribution in [0.4, 0.5) is 8.78 Å². The first-order chi connectivity index (χ1) is 11.6. The Morgan fingerprint density at radius 2 is 1.75 bits per heavy atom. The van der Waals surface area contributed by atoms with Gasteiger partial charge in [-0.1, -0.05) is 17.7 Å². The normalized spacial score (nSPS) is 10.5. The maximum absolute atomic E-state index is 13.1. The summed E-state index contributed by atoms with van der Waals surface area (Å²) in [4.78, 5) is 8.12. The van der Waals surface area contributed by atoms with Crippen molar-refractivity contribution in [2.45, 2.75) is 6.61 Å². The molecule has 0 saturated carbocycles. The third-order valence-electron chi connectivity index (χ3n) is 2.92. The lowest BCUT2D eigenvalue weighted by atomic mass is 10.3. The summed E-state index contributed by atoms with van der Waals surface area (Å²) in [6.07, 6.45) is 1.52. The summed E-state index contributed by atoms with van der Waals surface area (Å²) in [5.74, 6) is -0.493. The summed E-state index contributed by atoms with van der Waals surface area (Å²) in [5.41, 5.74) is 0.539. The zero-order chi connectivity index (χ0) is 16.9. The number of halogens is 3. The number of benzene rings is 1. The van der Waals surface area contributed by atoms with Crippen LogP contribution in [0.3, 0.4) is 0 Å². The maximum atomic E-state index is 13.1. The average Bonchev–Trinajstić information content (AvgIpc) is 2.52. The van der Waals surface area contributed by atoms with Crippen LogP contribution in [-0.4, -0.2) is 9.97 Å². The van der Waals surface area contributed by atoms with Crippen LogP contribution >= 0.6 is 11.6 Å². The van der Waals surface area contributed by atoms with Crippen molar-refractivity contribution in [2.24, 2.45) is 0 Å². The van der Waals surface area contributed by atoms with Crippen LogP contribution < -0.4 is 9.47 Å². The molecule has 0 fully saturated rings. The van der Waals surface area contributed by atoms with E-state index in [-0.39, 0.29) is 12.4 Å². The van der Waals surface area contributed by atoms with E-state index in [1.165, 1.54) is 6.20 Å². The number of hydrogen-bond acceptors (Lipinski definition) is 4. The van der Waals surface area contributed by atoms with Gasteiger partial charge in [-0.2, -0.15) is 0 Å². The molecule has 7 heteroatoms. The van der Waals surface area contributed by atoms with Crippen molar-refractivity contribution in [2.75, 3.05) is 0 Å². The smallest absolute Gasteiger partial charge is 0.219 e. The predicted octanol–water partition coefficient (Wildman–Crippen LogP) is 4.78. The summed E-state index contributed by atoms with van der Waals surface area (Å²) >= 11 is 5.79. The van der Waals surface area contributed by atoms with Gasteiger partial charge in [-0.05, 0) is 12.1 Å². The molecule has 0 atom stereocenters. The Kier molecular flexibility index (Phi) is 4.86. The second-order valence-corrected chi connectivity index (χ2v) is 5.16. The summed E-state index contributed by atoms with van der Waals surface area (Å²) in [7, 11) is 0. The molecule has 0 spiro atoms. The molecule has 0 aliphatic heterocycles. The van der Waals surface area contributed by atoms with E-state index in [4.69, 9.17) is 21.1 Å². The van der Waals surface area contributed by atoms with Gasteiger partial charge in [0.2, 0.25) is 5.88 Å². The summed E-state index contributed by atoms with van der Waals surface area (Å²) in [5, 5.41) is 0.306. The quantitative estimate of drug-likeness (QED) is 0.622. The van der Waals surface area contributed by atoms with E-state index in [0.717, 1.165) is 18.2 Å². The molecule has 122 valence electrons. The molecule has 2 heterocycles. The number of rotatable bonds is 5. The van der Waals surface area contributed by atoms with Crippen LogP contribution in [0, 0.1) is 11.6 Å². The van der Waals surface area contributed by atoms with Gasteiger partial charge in [0.25, 0.3) is 0 Å². The van der Waals surface area contributed by atoms with Crippen molar-refractivity contribution < 1.29 is 18.3 Å². The summed E-state index contributed by atoms with van der Waals surface area (Å²) < 4.78 is 37.2. The molecule has 3 rings (SSSR count). The molecule has 3 aromatic rings. The van der Waals surface area contributed by atoms with Gasteiger partial charge >= 0.3 is 0 Å². The number of hydrogen-bond donors (Lipinski definition) is 0. The van der Waals surface area contributed by atoms with Gasteiger partial charge in [0.05, 0.1) is 5.69 Å². The Bertz CT molecular complexity index is 841. The van der Waals surface area contributed by atoms with E-state index in [9.17, 15) is 8.78 Å². The van der Waals surface area contributed by atoms with Crippen molar-refractivity contribution in [1.82, 2.24) is 9.97 Å². The fraction of sp³-hybridized carbons (Fsp3) is 0.0588. The Balaban J connectivity index is 1.69. The van der Waals surface area contributed by atoms with E-state index in [2.05, 4.69) is 9.97 Å². The number of pyridine rings is 2. The highest BCUT2D eigenvalue weighted by Gasteiger charge is 2.05. The molecule has 0 amide bonds. The molecule has 0 bridgehead atoms. The van der Waals surface area contributed by atoms with Crippen LogP contribution in [-0.2, 0) is 6.61 Å². The SMILES string of the molecule is Fc1cc(F)cc(OCc2cccc(Oc3ccnc(Cl)c3)n2)c1. The van der Waals surface area contributed by atoms with E-state index >= 15 is 0 Å². The zero-order valence-corrected chi connectivity index (χ0v) is 13.0. The lowest BCUT2D eigenvalue weighted by Gasteiger charge is -2.08. The number of aromatic nitrogens is 2. The van der Waals surface area contributed by atoms with Gasteiger partial charge < -0.3 is 9.47 Å². The first-order valence-electron chi connectivity index (χ1n) is 6.93. The minimum atomic E-state index is -0.704. The highest BCUT2D eigenvalue weighted by Crippen LogP contribution is 2.22. The van der Waals surface area contributed by atoms with Crippen molar-refractivity contribution in [3.05, 3.63) is 77.2 Å². The van der Waals surface area contributed by atoms with E-state index in [1.54, 1.807) is 30.3 Å². The lowest BCUT2D eigenvalue weighted by molar-refractivity contribution is 0.296. The molecule has 0 N–H and O–H groups in total. The van der Waals surface area contributed by atoms with Crippen LogP contribution in [0.5, 0.6) is 17.4 Å². The molecule has 4 nitrogen and oxygen atoms in total. The van der Waals surface area contributed by atoms with Crippen molar-refractivity contribution >= 4 is 11.6 Å². The lowest BCUT2D eigenvalue weighted by Crippen LogP contribution is -2.00. The monoisotopic (exact) mass is 348 g/mol. The maximum Gasteiger partial charge on any atom is 0.219 e. The molecular formula is C17H11ClF2N2O2. The Morgan fingerprint density at radius 3 is 2.50 bits per heavy atom. The molecule has 1 aromatic carbocycles. The highest BCUT2D eigenvalue weighted by atomic mass is 35.5. The van der Waals surface area contributed by atoms with Gasteiger partial charge in [0, 0.05) is 36.5 Å². The van der Waals surface area contributed by atoms with Crippen molar-refractivity contribution in [3.63, 3.8) is 0 Å².